The fourth-order valence-corrected chi connectivity index (χ4v) is 1.96. The highest BCUT2D eigenvalue weighted by molar-refractivity contribution is 5.94. The number of furan rings is 1. The van der Waals surface area contributed by atoms with Crippen LogP contribution in [0.1, 0.15) is 24.4 Å². The zero-order chi connectivity index (χ0) is 12.4. The highest BCUT2D eigenvalue weighted by atomic mass is 16.3. The summed E-state index contributed by atoms with van der Waals surface area (Å²) in [5, 5.41) is 0. The molecule has 1 aliphatic rings. The molecule has 0 saturated carbocycles. The Bertz CT molecular complexity index is 411. The van der Waals surface area contributed by atoms with Crippen molar-refractivity contribution in [3.05, 3.63) is 24.2 Å². The van der Waals surface area contributed by atoms with E-state index in [0.29, 0.717) is 13.1 Å². The standard InChI is InChI=1S/C12H16N2O3/c1-9(2)14-6-5-13(8-11(14)15)12(16)10-4-3-7-17-10/h3-4,7,9H,5-6,8H2,1-2H3. The van der Waals surface area contributed by atoms with Crippen molar-refractivity contribution in [2.75, 3.05) is 19.6 Å². The zero-order valence-electron chi connectivity index (χ0n) is 10.0. The molecule has 0 radical (unpaired) electrons. The van der Waals surface area contributed by atoms with Crippen molar-refractivity contribution in [2.45, 2.75) is 19.9 Å². The second-order valence-electron chi connectivity index (χ2n) is 4.38. The third-order valence-corrected chi connectivity index (χ3v) is 2.90. The van der Waals surface area contributed by atoms with Gasteiger partial charge in [-0.2, -0.15) is 0 Å². The van der Waals surface area contributed by atoms with Crippen LogP contribution < -0.4 is 0 Å². The summed E-state index contributed by atoms with van der Waals surface area (Å²) in [6.07, 6.45) is 1.46. The van der Waals surface area contributed by atoms with Crippen molar-refractivity contribution in [3.63, 3.8) is 0 Å². The molecule has 0 aromatic carbocycles. The number of amides is 2. The zero-order valence-corrected chi connectivity index (χ0v) is 10.0. The monoisotopic (exact) mass is 236 g/mol. The van der Waals surface area contributed by atoms with E-state index >= 15 is 0 Å². The molecule has 2 heterocycles. The van der Waals surface area contributed by atoms with Crippen molar-refractivity contribution in [2.24, 2.45) is 0 Å². The van der Waals surface area contributed by atoms with Crippen molar-refractivity contribution in [3.8, 4) is 0 Å². The molecule has 0 bridgehead atoms. The molecule has 5 heteroatoms. The van der Waals surface area contributed by atoms with Crippen molar-refractivity contribution >= 4 is 11.8 Å². The lowest BCUT2D eigenvalue weighted by molar-refractivity contribution is -0.136. The summed E-state index contributed by atoms with van der Waals surface area (Å²) in [6, 6.07) is 3.46. The Kier molecular flexibility index (Phi) is 3.17. The highest BCUT2D eigenvalue weighted by Crippen LogP contribution is 2.11. The first-order valence-corrected chi connectivity index (χ1v) is 5.72. The molecular formula is C12H16N2O3. The number of carbonyl (C=O) groups excluding carboxylic acids is 2. The minimum atomic E-state index is -0.216. The molecule has 0 spiro atoms. The molecule has 0 aliphatic carbocycles. The number of hydrogen-bond acceptors (Lipinski definition) is 3. The van der Waals surface area contributed by atoms with Gasteiger partial charge in [-0.3, -0.25) is 9.59 Å². The van der Waals surface area contributed by atoms with Gasteiger partial charge in [0.25, 0.3) is 5.91 Å². The van der Waals surface area contributed by atoms with Crippen LogP contribution >= 0.6 is 0 Å². The minimum Gasteiger partial charge on any atom is -0.459 e. The van der Waals surface area contributed by atoms with Crippen LogP contribution in [0.5, 0.6) is 0 Å². The van der Waals surface area contributed by atoms with Gasteiger partial charge in [-0.1, -0.05) is 0 Å². The Balaban J connectivity index is 2.03. The fraction of sp³-hybridized carbons (Fsp3) is 0.500. The van der Waals surface area contributed by atoms with Gasteiger partial charge in [0.1, 0.15) is 6.54 Å². The first-order chi connectivity index (χ1) is 8.09. The molecular weight excluding hydrogens is 220 g/mol. The normalized spacial score (nSPS) is 16.8. The smallest absolute Gasteiger partial charge is 0.290 e. The number of carbonyl (C=O) groups is 2. The maximum absolute atomic E-state index is 11.9. The average Bonchev–Trinajstić information content (AvgIpc) is 2.80. The Morgan fingerprint density at radius 2 is 2.18 bits per heavy atom. The molecule has 2 rings (SSSR count). The summed E-state index contributed by atoms with van der Waals surface area (Å²) in [5.41, 5.74) is 0. The maximum atomic E-state index is 11.9. The van der Waals surface area contributed by atoms with E-state index in [1.807, 2.05) is 13.8 Å². The van der Waals surface area contributed by atoms with Crippen LogP contribution in [0, 0.1) is 0 Å². The van der Waals surface area contributed by atoms with Gasteiger partial charge in [-0.15, -0.1) is 0 Å². The molecule has 1 saturated heterocycles. The quantitative estimate of drug-likeness (QED) is 0.769. The van der Waals surface area contributed by atoms with Gasteiger partial charge < -0.3 is 14.2 Å². The van der Waals surface area contributed by atoms with E-state index in [9.17, 15) is 9.59 Å². The largest absolute Gasteiger partial charge is 0.459 e. The van der Waals surface area contributed by atoms with Crippen LogP contribution in [0.15, 0.2) is 22.8 Å². The lowest BCUT2D eigenvalue weighted by Gasteiger charge is -2.36. The summed E-state index contributed by atoms with van der Waals surface area (Å²) >= 11 is 0. The Morgan fingerprint density at radius 3 is 2.71 bits per heavy atom. The number of nitrogens with zero attached hydrogens (tertiary/aromatic N) is 2. The van der Waals surface area contributed by atoms with Gasteiger partial charge in [0.15, 0.2) is 5.76 Å². The molecule has 1 aliphatic heterocycles. The topological polar surface area (TPSA) is 53.8 Å². The van der Waals surface area contributed by atoms with Crippen LogP contribution in [0.4, 0.5) is 0 Å². The molecule has 17 heavy (non-hydrogen) atoms. The second kappa shape index (κ2) is 4.61. The van der Waals surface area contributed by atoms with Crippen LogP contribution in [-0.4, -0.2) is 47.3 Å². The van der Waals surface area contributed by atoms with E-state index in [-0.39, 0.29) is 30.2 Å². The Hall–Kier alpha value is -1.78. The van der Waals surface area contributed by atoms with Gasteiger partial charge in [0.05, 0.1) is 6.26 Å². The molecule has 92 valence electrons. The molecule has 0 unspecified atom stereocenters. The number of rotatable bonds is 2. The molecule has 1 aromatic rings. The summed E-state index contributed by atoms with van der Waals surface area (Å²) in [6.45, 7) is 5.23. The van der Waals surface area contributed by atoms with Gasteiger partial charge in [-0.25, -0.2) is 0 Å². The molecule has 0 N–H and O–H groups in total. The van der Waals surface area contributed by atoms with Crippen LogP contribution in [0.2, 0.25) is 0 Å². The van der Waals surface area contributed by atoms with Crippen molar-refractivity contribution in [1.82, 2.24) is 9.80 Å². The van der Waals surface area contributed by atoms with Gasteiger partial charge in [-0.05, 0) is 26.0 Å². The SMILES string of the molecule is CC(C)N1CCN(C(=O)c2ccco2)CC1=O. The van der Waals surface area contributed by atoms with Gasteiger partial charge >= 0.3 is 0 Å². The van der Waals surface area contributed by atoms with E-state index in [1.54, 1.807) is 17.0 Å². The molecule has 0 atom stereocenters. The lowest BCUT2D eigenvalue weighted by atomic mass is 10.2. The summed E-state index contributed by atoms with van der Waals surface area (Å²) in [5.74, 6) is 0.0636. The average molecular weight is 236 g/mol. The first-order valence-electron chi connectivity index (χ1n) is 5.72. The van der Waals surface area contributed by atoms with Gasteiger partial charge in [0.2, 0.25) is 5.91 Å². The predicted molar refractivity (Wildman–Crippen MR) is 61.5 cm³/mol. The van der Waals surface area contributed by atoms with Gasteiger partial charge in [0, 0.05) is 19.1 Å². The van der Waals surface area contributed by atoms with Crippen LogP contribution in [-0.2, 0) is 4.79 Å². The highest BCUT2D eigenvalue weighted by Gasteiger charge is 2.29. The lowest BCUT2D eigenvalue weighted by Crippen LogP contribution is -2.54. The van der Waals surface area contributed by atoms with E-state index < -0.39 is 0 Å². The number of piperazine rings is 1. The Morgan fingerprint density at radius 1 is 1.41 bits per heavy atom. The van der Waals surface area contributed by atoms with E-state index in [2.05, 4.69) is 0 Å². The van der Waals surface area contributed by atoms with Crippen LogP contribution in [0.3, 0.4) is 0 Å². The second-order valence-corrected chi connectivity index (χ2v) is 4.38. The molecule has 5 nitrogen and oxygen atoms in total. The van der Waals surface area contributed by atoms with E-state index in [4.69, 9.17) is 4.42 Å². The van der Waals surface area contributed by atoms with Crippen molar-refractivity contribution in [1.29, 1.82) is 0 Å². The van der Waals surface area contributed by atoms with Crippen molar-refractivity contribution < 1.29 is 14.0 Å². The summed E-state index contributed by atoms with van der Waals surface area (Å²) in [7, 11) is 0. The summed E-state index contributed by atoms with van der Waals surface area (Å²) in [4.78, 5) is 27.1. The fourth-order valence-electron chi connectivity index (χ4n) is 1.96. The van der Waals surface area contributed by atoms with Crippen LogP contribution in [0.25, 0.3) is 0 Å². The van der Waals surface area contributed by atoms with E-state index in [1.165, 1.54) is 11.2 Å². The summed E-state index contributed by atoms with van der Waals surface area (Å²) < 4.78 is 5.04. The molecule has 2 amide bonds. The first kappa shape index (κ1) is 11.7. The molecule has 1 fully saturated rings. The minimum absolute atomic E-state index is 0.00819. The predicted octanol–water partition coefficient (Wildman–Crippen LogP) is 0.972. The third-order valence-electron chi connectivity index (χ3n) is 2.90. The van der Waals surface area contributed by atoms with E-state index in [0.717, 1.165) is 0 Å². The molecule has 1 aromatic heterocycles. The number of hydrogen-bond donors (Lipinski definition) is 0. The maximum Gasteiger partial charge on any atom is 0.290 e. The Labute approximate surface area is 100.0 Å². The third kappa shape index (κ3) is 2.33.